The Balaban J connectivity index is 1.96. The van der Waals surface area contributed by atoms with Gasteiger partial charge in [0.25, 0.3) is 0 Å². The van der Waals surface area contributed by atoms with Crippen molar-refractivity contribution in [1.82, 2.24) is 0 Å². The van der Waals surface area contributed by atoms with E-state index in [0.29, 0.717) is 34.1 Å². The fourth-order valence-electron chi connectivity index (χ4n) is 2.61. The third-order valence-corrected chi connectivity index (χ3v) is 3.95. The fourth-order valence-corrected chi connectivity index (χ4v) is 2.61. The number of hydrogen-bond donors (Lipinski definition) is 0. The minimum absolute atomic E-state index is 0.176. The summed E-state index contributed by atoms with van der Waals surface area (Å²) in [6.07, 6.45) is 1.60. The minimum atomic E-state index is -0.533. The first-order chi connectivity index (χ1) is 13.1. The number of carbonyl (C=O) groups excluding carboxylic acids is 1. The number of aliphatic imine (C=N–C) groups is 1. The zero-order chi connectivity index (χ0) is 19.4. The summed E-state index contributed by atoms with van der Waals surface area (Å²) in [4.78, 5) is 16.5. The van der Waals surface area contributed by atoms with E-state index in [1.54, 1.807) is 49.6 Å². The predicted octanol–water partition coefficient (Wildman–Crippen LogP) is 3.07. The van der Waals surface area contributed by atoms with E-state index in [4.69, 9.17) is 23.7 Å². The van der Waals surface area contributed by atoms with Crippen molar-refractivity contribution in [3.05, 3.63) is 53.2 Å². The lowest BCUT2D eigenvalue weighted by Gasteiger charge is -2.12. The van der Waals surface area contributed by atoms with Crippen molar-refractivity contribution in [3.8, 4) is 23.0 Å². The van der Waals surface area contributed by atoms with Gasteiger partial charge < -0.3 is 23.7 Å². The molecule has 0 saturated carbocycles. The average molecular weight is 369 g/mol. The van der Waals surface area contributed by atoms with Crippen molar-refractivity contribution in [2.75, 3.05) is 28.4 Å². The highest BCUT2D eigenvalue weighted by atomic mass is 16.6. The fraction of sp³-hybridized carbons (Fsp3) is 0.200. The number of carbonyl (C=O) groups is 1. The smallest absolute Gasteiger partial charge is 0.363 e. The van der Waals surface area contributed by atoms with E-state index in [-0.39, 0.29) is 11.6 Å². The highest BCUT2D eigenvalue weighted by Crippen LogP contribution is 2.39. The van der Waals surface area contributed by atoms with Crippen molar-refractivity contribution >= 4 is 17.9 Å². The van der Waals surface area contributed by atoms with Crippen LogP contribution < -0.4 is 18.9 Å². The summed E-state index contributed by atoms with van der Waals surface area (Å²) in [5.74, 6) is 1.84. The monoisotopic (exact) mass is 369 g/mol. The topological polar surface area (TPSA) is 75.6 Å². The zero-order valence-electron chi connectivity index (χ0n) is 15.4. The van der Waals surface area contributed by atoms with Crippen LogP contribution in [0.3, 0.4) is 0 Å². The Morgan fingerprint density at radius 1 is 0.889 bits per heavy atom. The first-order valence-electron chi connectivity index (χ1n) is 8.06. The van der Waals surface area contributed by atoms with Crippen LogP contribution in [0.1, 0.15) is 11.1 Å². The summed E-state index contributed by atoms with van der Waals surface area (Å²) in [5.41, 5.74) is 1.52. The lowest BCUT2D eigenvalue weighted by molar-refractivity contribution is -0.129. The van der Waals surface area contributed by atoms with Crippen molar-refractivity contribution in [2.45, 2.75) is 0 Å². The Kier molecular flexibility index (Phi) is 5.30. The van der Waals surface area contributed by atoms with E-state index in [9.17, 15) is 4.79 Å². The molecule has 7 nitrogen and oxygen atoms in total. The zero-order valence-corrected chi connectivity index (χ0v) is 15.4. The van der Waals surface area contributed by atoms with Crippen molar-refractivity contribution in [2.24, 2.45) is 4.99 Å². The van der Waals surface area contributed by atoms with E-state index in [1.165, 1.54) is 21.3 Å². The van der Waals surface area contributed by atoms with Gasteiger partial charge >= 0.3 is 5.97 Å². The van der Waals surface area contributed by atoms with Crippen molar-refractivity contribution < 1.29 is 28.5 Å². The number of nitrogens with zero attached hydrogens (tertiary/aromatic N) is 1. The molecule has 0 aliphatic carbocycles. The quantitative estimate of drug-likeness (QED) is 0.575. The van der Waals surface area contributed by atoms with E-state index >= 15 is 0 Å². The number of benzene rings is 2. The molecule has 1 heterocycles. The summed E-state index contributed by atoms with van der Waals surface area (Å²) in [5, 5.41) is 0. The second-order valence-electron chi connectivity index (χ2n) is 5.52. The largest absolute Gasteiger partial charge is 0.497 e. The van der Waals surface area contributed by atoms with Gasteiger partial charge in [-0.1, -0.05) is 0 Å². The lowest BCUT2D eigenvalue weighted by atomic mass is 10.1. The van der Waals surface area contributed by atoms with E-state index in [2.05, 4.69) is 4.99 Å². The minimum Gasteiger partial charge on any atom is -0.497 e. The first kappa shape index (κ1) is 18.3. The Morgan fingerprint density at radius 3 is 2.04 bits per heavy atom. The molecule has 0 N–H and O–H groups in total. The summed E-state index contributed by atoms with van der Waals surface area (Å²) in [6.45, 7) is 0. The van der Waals surface area contributed by atoms with Gasteiger partial charge in [-0.15, -0.1) is 0 Å². The third kappa shape index (κ3) is 3.72. The number of esters is 1. The third-order valence-electron chi connectivity index (χ3n) is 3.95. The molecule has 0 saturated heterocycles. The molecule has 140 valence electrons. The van der Waals surface area contributed by atoms with Crippen LogP contribution in [-0.4, -0.2) is 40.3 Å². The number of cyclic esters (lactones) is 1. The highest BCUT2D eigenvalue weighted by molar-refractivity contribution is 6.12. The number of ether oxygens (including phenoxy) is 5. The van der Waals surface area contributed by atoms with Gasteiger partial charge in [0.05, 0.1) is 28.4 Å². The molecule has 3 rings (SSSR count). The molecule has 2 aromatic rings. The molecule has 0 aromatic heterocycles. The number of rotatable bonds is 6. The Bertz CT molecular complexity index is 890. The van der Waals surface area contributed by atoms with Crippen LogP contribution in [0.2, 0.25) is 0 Å². The molecule has 2 aromatic carbocycles. The molecule has 0 bridgehead atoms. The summed E-state index contributed by atoms with van der Waals surface area (Å²) in [6, 6.07) is 10.5. The maximum Gasteiger partial charge on any atom is 0.363 e. The summed E-state index contributed by atoms with van der Waals surface area (Å²) < 4.78 is 26.3. The van der Waals surface area contributed by atoms with Crippen LogP contribution in [0.15, 0.2) is 47.1 Å². The van der Waals surface area contributed by atoms with Crippen LogP contribution >= 0.6 is 0 Å². The summed E-state index contributed by atoms with van der Waals surface area (Å²) >= 11 is 0. The molecule has 1 aliphatic heterocycles. The van der Waals surface area contributed by atoms with Gasteiger partial charge in [0, 0.05) is 5.56 Å². The molecular weight excluding hydrogens is 350 g/mol. The van der Waals surface area contributed by atoms with Gasteiger partial charge in [-0.3, -0.25) is 0 Å². The standard InChI is InChI=1S/C20H19NO6/c1-23-14-7-5-13(6-8-14)19-21-15(20(22)27-19)9-12-10-16(24-2)18(26-4)17(11-12)25-3/h5-11H,1-4H3/b15-9+. The van der Waals surface area contributed by atoms with Crippen LogP contribution in [0.5, 0.6) is 23.0 Å². The van der Waals surface area contributed by atoms with Crippen molar-refractivity contribution in [3.63, 3.8) is 0 Å². The molecule has 0 spiro atoms. The molecule has 0 radical (unpaired) electrons. The van der Waals surface area contributed by atoms with Crippen LogP contribution in [0.25, 0.3) is 6.08 Å². The van der Waals surface area contributed by atoms with Crippen molar-refractivity contribution in [1.29, 1.82) is 0 Å². The van der Waals surface area contributed by atoms with Gasteiger partial charge in [0.1, 0.15) is 5.75 Å². The highest BCUT2D eigenvalue weighted by Gasteiger charge is 2.24. The second kappa shape index (κ2) is 7.82. The maximum absolute atomic E-state index is 12.2. The van der Waals surface area contributed by atoms with Crippen LogP contribution in [-0.2, 0) is 9.53 Å². The van der Waals surface area contributed by atoms with E-state index in [1.807, 2.05) is 0 Å². The van der Waals surface area contributed by atoms with E-state index in [0.717, 1.165) is 0 Å². The second-order valence-corrected chi connectivity index (χ2v) is 5.52. The molecule has 0 amide bonds. The maximum atomic E-state index is 12.2. The molecule has 1 aliphatic rings. The van der Waals surface area contributed by atoms with Gasteiger partial charge in [0.2, 0.25) is 11.6 Å². The number of hydrogen-bond acceptors (Lipinski definition) is 7. The van der Waals surface area contributed by atoms with Crippen LogP contribution in [0.4, 0.5) is 0 Å². The lowest BCUT2D eigenvalue weighted by Crippen LogP contribution is -2.05. The van der Waals surface area contributed by atoms with Gasteiger partial charge in [-0.05, 0) is 48.0 Å². The molecular formula is C20H19NO6. The summed E-state index contributed by atoms with van der Waals surface area (Å²) in [7, 11) is 6.16. The molecule has 7 heteroatoms. The molecule has 0 atom stereocenters. The average Bonchev–Trinajstić information content (AvgIpc) is 3.07. The Hall–Kier alpha value is -3.48. The number of methoxy groups -OCH3 is 4. The predicted molar refractivity (Wildman–Crippen MR) is 99.7 cm³/mol. The Morgan fingerprint density at radius 2 is 1.52 bits per heavy atom. The van der Waals surface area contributed by atoms with Gasteiger partial charge in [-0.25, -0.2) is 9.79 Å². The van der Waals surface area contributed by atoms with Gasteiger partial charge in [0.15, 0.2) is 17.2 Å². The first-order valence-corrected chi connectivity index (χ1v) is 8.06. The molecule has 0 fully saturated rings. The normalized spacial score (nSPS) is 14.6. The molecule has 0 unspecified atom stereocenters. The Labute approximate surface area is 156 Å². The van der Waals surface area contributed by atoms with Gasteiger partial charge in [-0.2, -0.15) is 0 Å². The molecule has 27 heavy (non-hydrogen) atoms. The van der Waals surface area contributed by atoms with Crippen LogP contribution in [0, 0.1) is 0 Å². The SMILES string of the molecule is COc1ccc(C2=N/C(=C/c3cc(OC)c(OC)c(OC)c3)C(=O)O2)cc1. The van der Waals surface area contributed by atoms with E-state index < -0.39 is 5.97 Å².